The van der Waals surface area contributed by atoms with Crippen LogP contribution in [0.5, 0.6) is 0 Å². The van der Waals surface area contributed by atoms with Crippen LogP contribution in [0, 0.1) is 13.8 Å². The lowest BCUT2D eigenvalue weighted by atomic mass is 9.90. The fourth-order valence-corrected chi connectivity index (χ4v) is 4.60. The van der Waals surface area contributed by atoms with Gasteiger partial charge in [0.05, 0.1) is 18.9 Å². The Morgan fingerprint density at radius 3 is 2.41 bits per heavy atom. The molecule has 3 aromatic rings. The molecule has 0 amide bonds. The molecule has 3 aromatic heterocycles. The molecule has 0 saturated carbocycles. The maximum absolute atomic E-state index is 5.52. The van der Waals surface area contributed by atoms with Crippen molar-refractivity contribution in [2.45, 2.75) is 32.6 Å². The fraction of sp³-hybridized carbons (Fsp3) is 0.458. The van der Waals surface area contributed by atoms with Crippen molar-refractivity contribution in [3.8, 4) is 11.1 Å². The Bertz CT molecular complexity index is 1050. The van der Waals surface area contributed by atoms with E-state index < -0.39 is 0 Å². The van der Waals surface area contributed by atoms with Crippen LogP contribution in [-0.4, -0.2) is 64.3 Å². The van der Waals surface area contributed by atoms with Crippen LogP contribution in [0.2, 0.25) is 0 Å². The smallest absolute Gasteiger partial charge is 0.225 e. The number of hydrogen-bond donors (Lipinski definition) is 0. The van der Waals surface area contributed by atoms with Crippen molar-refractivity contribution >= 4 is 11.9 Å². The summed E-state index contributed by atoms with van der Waals surface area (Å²) in [6.45, 7) is 8.94. The molecule has 2 aliphatic rings. The van der Waals surface area contributed by atoms with Gasteiger partial charge in [-0.1, -0.05) is 0 Å². The van der Waals surface area contributed by atoms with E-state index in [1.54, 1.807) is 0 Å². The second-order valence-corrected chi connectivity index (χ2v) is 8.54. The quantitative estimate of drug-likeness (QED) is 0.623. The van der Waals surface area contributed by atoms with Crippen molar-refractivity contribution in [2.75, 3.05) is 49.2 Å². The van der Waals surface area contributed by atoms with E-state index >= 15 is 0 Å². The fourth-order valence-electron chi connectivity index (χ4n) is 4.60. The minimum absolute atomic E-state index is 0.277. The molecule has 5 rings (SSSR count). The first kappa shape index (κ1) is 20.8. The number of hydrogen-bond acceptors (Lipinski definition) is 8. The van der Waals surface area contributed by atoms with E-state index in [1.165, 1.54) is 0 Å². The molecule has 0 spiro atoms. The molecule has 0 aliphatic carbocycles. The molecule has 166 valence electrons. The first-order valence-corrected chi connectivity index (χ1v) is 11.3. The van der Waals surface area contributed by atoms with Crippen molar-refractivity contribution in [3.05, 3.63) is 53.9 Å². The SMILES string of the molecule is Cc1cc(C)nc(N2CCC[C@H](c3nc(N4CCOCC4)ncc3-c3ccncc3)C2)n1. The van der Waals surface area contributed by atoms with Gasteiger partial charge in [0.15, 0.2) is 0 Å². The molecule has 8 heteroatoms. The second kappa shape index (κ2) is 9.16. The van der Waals surface area contributed by atoms with Gasteiger partial charge in [-0.25, -0.2) is 19.9 Å². The van der Waals surface area contributed by atoms with E-state index in [0.717, 1.165) is 79.1 Å². The van der Waals surface area contributed by atoms with Gasteiger partial charge in [0.2, 0.25) is 11.9 Å². The zero-order valence-electron chi connectivity index (χ0n) is 18.7. The van der Waals surface area contributed by atoms with Gasteiger partial charge >= 0.3 is 0 Å². The first-order chi connectivity index (χ1) is 15.7. The third-order valence-electron chi connectivity index (χ3n) is 6.15. The van der Waals surface area contributed by atoms with E-state index in [9.17, 15) is 0 Å². The van der Waals surface area contributed by atoms with Crippen molar-refractivity contribution in [1.82, 2.24) is 24.9 Å². The first-order valence-electron chi connectivity index (χ1n) is 11.3. The van der Waals surface area contributed by atoms with Gasteiger partial charge in [-0.05, 0) is 50.5 Å². The number of pyridine rings is 1. The van der Waals surface area contributed by atoms with Crippen LogP contribution < -0.4 is 9.80 Å². The predicted octanol–water partition coefficient (Wildman–Crippen LogP) is 3.17. The number of nitrogens with zero attached hydrogens (tertiary/aromatic N) is 7. The number of morpholine rings is 1. The maximum Gasteiger partial charge on any atom is 0.225 e. The second-order valence-electron chi connectivity index (χ2n) is 8.54. The standard InChI is InChI=1S/C24H29N7O/c1-17-14-18(2)28-24(27-17)31-9-3-4-20(16-31)22-21(19-5-7-25-8-6-19)15-26-23(29-22)30-10-12-32-13-11-30/h5-8,14-15,20H,3-4,9-13,16H2,1-2H3/t20-/m0/s1. The van der Waals surface area contributed by atoms with Crippen molar-refractivity contribution < 1.29 is 4.74 Å². The third-order valence-corrected chi connectivity index (χ3v) is 6.15. The zero-order chi connectivity index (χ0) is 21.9. The summed E-state index contributed by atoms with van der Waals surface area (Å²) in [7, 11) is 0. The topological polar surface area (TPSA) is 80.2 Å². The average Bonchev–Trinajstić information content (AvgIpc) is 2.84. The summed E-state index contributed by atoms with van der Waals surface area (Å²) in [6, 6.07) is 6.08. The van der Waals surface area contributed by atoms with Gasteiger partial charge in [-0.3, -0.25) is 4.98 Å². The molecular formula is C24H29N7O. The number of ether oxygens (including phenoxy) is 1. The summed E-state index contributed by atoms with van der Waals surface area (Å²) in [5.74, 6) is 1.89. The Balaban J connectivity index is 1.50. The molecule has 1 atom stereocenters. The van der Waals surface area contributed by atoms with Crippen LogP contribution in [0.15, 0.2) is 36.8 Å². The van der Waals surface area contributed by atoms with Gasteiger partial charge in [-0.15, -0.1) is 0 Å². The van der Waals surface area contributed by atoms with Gasteiger partial charge in [0.1, 0.15) is 0 Å². The molecule has 0 aromatic carbocycles. The van der Waals surface area contributed by atoms with E-state index in [2.05, 4.69) is 14.8 Å². The summed E-state index contributed by atoms with van der Waals surface area (Å²) in [6.07, 6.45) is 7.79. The van der Waals surface area contributed by atoms with Gasteiger partial charge in [0.25, 0.3) is 0 Å². The lowest BCUT2D eigenvalue weighted by Crippen LogP contribution is -2.38. The highest BCUT2D eigenvalue weighted by molar-refractivity contribution is 5.66. The van der Waals surface area contributed by atoms with Gasteiger partial charge in [-0.2, -0.15) is 0 Å². The summed E-state index contributed by atoms with van der Waals surface area (Å²) < 4.78 is 5.52. The molecule has 5 heterocycles. The summed E-state index contributed by atoms with van der Waals surface area (Å²) in [4.78, 5) is 28.0. The average molecular weight is 432 g/mol. The number of aromatic nitrogens is 5. The van der Waals surface area contributed by atoms with E-state index in [-0.39, 0.29) is 5.92 Å². The highest BCUT2D eigenvalue weighted by Crippen LogP contribution is 2.34. The third kappa shape index (κ3) is 4.41. The molecule has 0 radical (unpaired) electrons. The van der Waals surface area contributed by atoms with Crippen LogP contribution in [-0.2, 0) is 4.74 Å². The van der Waals surface area contributed by atoms with Crippen LogP contribution in [0.1, 0.15) is 35.8 Å². The highest BCUT2D eigenvalue weighted by atomic mass is 16.5. The van der Waals surface area contributed by atoms with E-state index in [0.29, 0.717) is 13.2 Å². The number of aryl methyl sites for hydroxylation is 2. The maximum atomic E-state index is 5.52. The molecule has 0 N–H and O–H groups in total. The number of anilines is 2. The molecule has 2 aliphatic heterocycles. The monoisotopic (exact) mass is 431 g/mol. The van der Waals surface area contributed by atoms with E-state index in [4.69, 9.17) is 24.7 Å². The van der Waals surface area contributed by atoms with Crippen LogP contribution in [0.25, 0.3) is 11.1 Å². The minimum atomic E-state index is 0.277. The van der Waals surface area contributed by atoms with Crippen molar-refractivity contribution in [2.24, 2.45) is 0 Å². The lowest BCUT2D eigenvalue weighted by molar-refractivity contribution is 0.122. The minimum Gasteiger partial charge on any atom is -0.378 e. The normalized spacial score (nSPS) is 19.2. The predicted molar refractivity (Wildman–Crippen MR) is 124 cm³/mol. The zero-order valence-corrected chi connectivity index (χ0v) is 18.7. The lowest BCUT2D eigenvalue weighted by Gasteiger charge is -2.34. The van der Waals surface area contributed by atoms with Crippen LogP contribution >= 0.6 is 0 Å². The Kier molecular flexibility index (Phi) is 5.94. The van der Waals surface area contributed by atoms with Crippen LogP contribution in [0.3, 0.4) is 0 Å². The van der Waals surface area contributed by atoms with Crippen molar-refractivity contribution in [1.29, 1.82) is 0 Å². The summed E-state index contributed by atoms with van der Waals surface area (Å²) in [5, 5.41) is 0. The van der Waals surface area contributed by atoms with Crippen molar-refractivity contribution in [3.63, 3.8) is 0 Å². The Morgan fingerprint density at radius 1 is 0.906 bits per heavy atom. The highest BCUT2D eigenvalue weighted by Gasteiger charge is 2.28. The largest absolute Gasteiger partial charge is 0.378 e. The molecule has 32 heavy (non-hydrogen) atoms. The molecule has 8 nitrogen and oxygen atoms in total. The Morgan fingerprint density at radius 2 is 1.66 bits per heavy atom. The van der Waals surface area contributed by atoms with Crippen LogP contribution in [0.4, 0.5) is 11.9 Å². The van der Waals surface area contributed by atoms with E-state index in [1.807, 2.05) is 50.6 Å². The Labute approximate surface area is 188 Å². The molecule has 0 unspecified atom stereocenters. The summed E-state index contributed by atoms with van der Waals surface area (Å²) in [5.41, 5.74) is 5.29. The van der Waals surface area contributed by atoms with Gasteiger partial charge < -0.3 is 14.5 Å². The number of piperidine rings is 1. The summed E-state index contributed by atoms with van der Waals surface area (Å²) >= 11 is 0. The van der Waals surface area contributed by atoms with Gasteiger partial charge in [0, 0.05) is 67.6 Å². The molecule has 2 fully saturated rings. The molecule has 2 saturated heterocycles. The molecular weight excluding hydrogens is 402 g/mol. The molecule has 0 bridgehead atoms. The Hall–Kier alpha value is -3.13. The number of rotatable bonds is 4.